The molecule has 1 saturated carbocycles. The molecule has 0 aliphatic heterocycles. The van der Waals surface area contributed by atoms with Gasteiger partial charge in [-0.05, 0) is 31.7 Å². The Morgan fingerprint density at radius 3 is 2.82 bits per heavy atom. The van der Waals surface area contributed by atoms with Crippen molar-refractivity contribution in [2.75, 3.05) is 19.8 Å². The average Bonchev–Trinajstić information content (AvgIpc) is 2.38. The Morgan fingerprint density at radius 1 is 1.35 bits per heavy atom. The number of likely N-dealkylation sites (N-methyl/N-ethyl adjacent to an activating group) is 1. The summed E-state index contributed by atoms with van der Waals surface area (Å²) in [6.07, 6.45) is 7.83. The van der Waals surface area contributed by atoms with Gasteiger partial charge in [-0.3, -0.25) is 0 Å². The molecular formula is C14H29NO2. The summed E-state index contributed by atoms with van der Waals surface area (Å²) >= 11 is 0. The van der Waals surface area contributed by atoms with Crippen molar-refractivity contribution in [3.8, 4) is 0 Å². The fourth-order valence-electron chi connectivity index (χ4n) is 2.69. The molecule has 1 fully saturated rings. The Hall–Kier alpha value is -0.120. The van der Waals surface area contributed by atoms with Gasteiger partial charge < -0.3 is 15.2 Å². The van der Waals surface area contributed by atoms with Crippen LogP contribution in [-0.4, -0.2) is 37.0 Å². The minimum Gasteiger partial charge on any atom is -0.395 e. The predicted molar refractivity (Wildman–Crippen MR) is 71.2 cm³/mol. The first-order chi connectivity index (χ1) is 8.30. The van der Waals surface area contributed by atoms with Gasteiger partial charge >= 0.3 is 0 Å². The molecule has 0 spiro atoms. The van der Waals surface area contributed by atoms with E-state index < -0.39 is 0 Å². The Bertz CT molecular complexity index is 187. The number of hydrogen-bond acceptors (Lipinski definition) is 3. The quantitative estimate of drug-likeness (QED) is 0.687. The smallest absolute Gasteiger partial charge is 0.0585 e. The van der Waals surface area contributed by atoms with Crippen molar-refractivity contribution in [3.63, 3.8) is 0 Å². The van der Waals surface area contributed by atoms with Gasteiger partial charge in [0, 0.05) is 12.6 Å². The van der Waals surface area contributed by atoms with E-state index in [2.05, 4.69) is 19.2 Å². The van der Waals surface area contributed by atoms with Gasteiger partial charge in [0.15, 0.2) is 0 Å². The fraction of sp³-hybridized carbons (Fsp3) is 1.00. The Morgan fingerprint density at radius 2 is 2.18 bits per heavy atom. The van der Waals surface area contributed by atoms with E-state index in [9.17, 15) is 0 Å². The molecule has 1 aliphatic rings. The molecule has 0 aromatic heterocycles. The number of ether oxygens (including phenoxy) is 1. The van der Waals surface area contributed by atoms with Crippen LogP contribution in [0.1, 0.15) is 52.4 Å². The van der Waals surface area contributed by atoms with E-state index in [1.54, 1.807) is 0 Å². The molecule has 3 nitrogen and oxygen atoms in total. The summed E-state index contributed by atoms with van der Waals surface area (Å²) in [4.78, 5) is 0. The monoisotopic (exact) mass is 243 g/mol. The maximum atomic E-state index is 9.16. The first-order valence-corrected chi connectivity index (χ1v) is 7.25. The third-order valence-corrected chi connectivity index (χ3v) is 3.85. The molecule has 3 unspecified atom stereocenters. The van der Waals surface area contributed by atoms with Crippen LogP contribution in [0.3, 0.4) is 0 Å². The van der Waals surface area contributed by atoms with Crippen molar-refractivity contribution >= 4 is 0 Å². The zero-order valence-electron chi connectivity index (χ0n) is 11.5. The van der Waals surface area contributed by atoms with Crippen LogP contribution in [0.4, 0.5) is 0 Å². The summed E-state index contributed by atoms with van der Waals surface area (Å²) in [5.74, 6) is 0.871. The van der Waals surface area contributed by atoms with Crippen molar-refractivity contribution < 1.29 is 9.84 Å². The number of nitrogens with one attached hydrogen (secondary N) is 1. The average molecular weight is 243 g/mol. The minimum atomic E-state index is 0.200. The molecule has 1 aliphatic carbocycles. The van der Waals surface area contributed by atoms with Crippen LogP contribution in [0.15, 0.2) is 0 Å². The standard InChI is InChI=1S/C14H29NO2/c1-3-12-6-5-7-14(10-12)17-9-8-13(11-16)15-4-2/h12-16H,3-11H2,1-2H3. The van der Waals surface area contributed by atoms with Gasteiger partial charge in [0.05, 0.1) is 12.7 Å². The fourth-order valence-corrected chi connectivity index (χ4v) is 2.69. The summed E-state index contributed by atoms with van der Waals surface area (Å²) in [7, 11) is 0. The molecule has 2 N–H and O–H groups in total. The molecule has 1 rings (SSSR count). The second-order valence-corrected chi connectivity index (χ2v) is 5.16. The first-order valence-electron chi connectivity index (χ1n) is 7.25. The predicted octanol–water partition coefficient (Wildman–Crippen LogP) is 2.33. The molecule has 102 valence electrons. The summed E-state index contributed by atoms with van der Waals surface area (Å²) in [5, 5.41) is 12.4. The maximum Gasteiger partial charge on any atom is 0.0585 e. The highest BCUT2D eigenvalue weighted by Gasteiger charge is 2.21. The van der Waals surface area contributed by atoms with E-state index in [1.807, 2.05) is 0 Å². The minimum absolute atomic E-state index is 0.200. The summed E-state index contributed by atoms with van der Waals surface area (Å²) in [6.45, 7) is 6.24. The Balaban J connectivity index is 2.12. The van der Waals surface area contributed by atoms with Crippen molar-refractivity contribution in [1.82, 2.24) is 5.32 Å². The van der Waals surface area contributed by atoms with Crippen molar-refractivity contribution in [3.05, 3.63) is 0 Å². The molecule has 3 heteroatoms. The lowest BCUT2D eigenvalue weighted by Crippen LogP contribution is -2.34. The van der Waals surface area contributed by atoms with E-state index >= 15 is 0 Å². The van der Waals surface area contributed by atoms with E-state index in [0.717, 1.165) is 25.5 Å². The molecular weight excluding hydrogens is 214 g/mol. The molecule has 0 amide bonds. The lowest BCUT2D eigenvalue weighted by atomic mass is 9.85. The highest BCUT2D eigenvalue weighted by molar-refractivity contribution is 4.73. The van der Waals surface area contributed by atoms with Crippen molar-refractivity contribution in [2.24, 2.45) is 5.92 Å². The molecule has 0 aromatic carbocycles. The maximum absolute atomic E-state index is 9.16. The molecule has 0 bridgehead atoms. The number of hydrogen-bond donors (Lipinski definition) is 2. The highest BCUT2D eigenvalue weighted by atomic mass is 16.5. The van der Waals surface area contributed by atoms with Crippen LogP contribution in [0.5, 0.6) is 0 Å². The van der Waals surface area contributed by atoms with Crippen molar-refractivity contribution in [1.29, 1.82) is 0 Å². The normalized spacial score (nSPS) is 27.0. The van der Waals surface area contributed by atoms with Crippen LogP contribution in [0, 0.1) is 5.92 Å². The van der Waals surface area contributed by atoms with Crippen LogP contribution < -0.4 is 5.32 Å². The van der Waals surface area contributed by atoms with Crippen LogP contribution >= 0.6 is 0 Å². The second-order valence-electron chi connectivity index (χ2n) is 5.16. The van der Waals surface area contributed by atoms with Crippen molar-refractivity contribution in [2.45, 2.75) is 64.5 Å². The van der Waals surface area contributed by atoms with Crippen LogP contribution in [-0.2, 0) is 4.74 Å². The third-order valence-electron chi connectivity index (χ3n) is 3.85. The van der Waals surface area contributed by atoms with E-state index in [-0.39, 0.29) is 12.6 Å². The lowest BCUT2D eigenvalue weighted by Gasteiger charge is -2.29. The summed E-state index contributed by atoms with van der Waals surface area (Å²) in [5.41, 5.74) is 0. The van der Waals surface area contributed by atoms with E-state index in [4.69, 9.17) is 9.84 Å². The zero-order chi connectivity index (χ0) is 12.5. The highest BCUT2D eigenvalue weighted by Crippen LogP contribution is 2.28. The van der Waals surface area contributed by atoms with Crippen LogP contribution in [0.2, 0.25) is 0 Å². The van der Waals surface area contributed by atoms with Crippen LogP contribution in [0.25, 0.3) is 0 Å². The topological polar surface area (TPSA) is 41.5 Å². The molecule has 0 radical (unpaired) electrons. The SMILES string of the molecule is CCNC(CO)CCOC1CCCC(CC)C1. The summed E-state index contributed by atoms with van der Waals surface area (Å²) in [6, 6.07) is 0.200. The number of rotatable bonds is 8. The lowest BCUT2D eigenvalue weighted by molar-refractivity contribution is 0.00624. The van der Waals surface area contributed by atoms with E-state index in [0.29, 0.717) is 6.10 Å². The number of aliphatic hydroxyl groups is 1. The van der Waals surface area contributed by atoms with Gasteiger partial charge in [-0.15, -0.1) is 0 Å². The molecule has 3 atom stereocenters. The molecule has 0 heterocycles. The Labute approximate surface area is 106 Å². The van der Waals surface area contributed by atoms with Gasteiger partial charge in [0.1, 0.15) is 0 Å². The zero-order valence-corrected chi connectivity index (χ0v) is 11.5. The van der Waals surface area contributed by atoms with Gasteiger partial charge in [0.25, 0.3) is 0 Å². The first kappa shape index (κ1) is 14.9. The molecule has 0 aromatic rings. The van der Waals surface area contributed by atoms with Gasteiger partial charge in [-0.2, -0.15) is 0 Å². The van der Waals surface area contributed by atoms with Gasteiger partial charge in [-0.1, -0.05) is 33.1 Å². The van der Waals surface area contributed by atoms with E-state index in [1.165, 1.54) is 32.1 Å². The van der Waals surface area contributed by atoms with Gasteiger partial charge in [-0.25, -0.2) is 0 Å². The largest absolute Gasteiger partial charge is 0.395 e. The third kappa shape index (κ3) is 5.84. The second kappa shape index (κ2) is 8.90. The Kier molecular flexibility index (Phi) is 7.82. The number of aliphatic hydroxyl groups excluding tert-OH is 1. The molecule has 17 heavy (non-hydrogen) atoms. The summed E-state index contributed by atoms with van der Waals surface area (Å²) < 4.78 is 5.94. The van der Waals surface area contributed by atoms with Gasteiger partial charge in [0.2, 0.25) is 0 Å². The molecule has 0 saturated heterocycles.